The second-order valence-corrected chi connectivity index (χ2v) is 11.1. The monoisotopic (exact) mass is 547 g/mol. The second kappa shape index (κ2) is 12.4. The molecule has 0 unspecified atom stereocenters. The number of carbonyl (C=O) groups excluding carboxylic acids is 2. The zero-order chi connectivity index (χ0) is 26.3. The van der Waals surface area contributed by atoms with Crippen molar-refractivity contribution < 1.29 is 18.0 Å². The van der Waals surface area contributed by atoms with Crippen molar-refractivity contribution in [3.05, 3.63) is 100 Å². The van der Waals surface area contributed by atoms with Crippen molar-refractivity contribution in [2.24, 2.45) is 0 Å². The lowest BCUT2D eigenvalue weighted by atomic mass is 10.0. The Kier molecular flexibility index (Phi) is 9.50. The third-order valence-corrected chi connectivity index (χ3v) is 7.94. The van der Waals surface area contributed by atoms with Crippen LogP contribution in [0.4, 0.5) is 0 Å². The number of benzene rings is 3. The van der Waals surface area contributed by atoms with Gasteiger partial charge in [0.2, 0.25) is 21.8 Å². The zero-order valence-electron chi connectivity index (χ0n) is 19.9. The Balaban J connectivity index is 1.94. The van der Waals surface area contributed by atoms with Gasteiger partial charge in [0.15, 0.2) is 0 Å². The number of hydrogen-bond acceptors (Lipinski definition) is 4. The minimum atomic E-state index is -3.97. The van der Waals surface area contributed by atoms with Crippen molar-refractivity contribution in [3.8, 4) is 0 Å². The molecule has 1 atom stereocenters. The van der Waals surface area contributed by atoms with Crippen molar-refractivity contribution in [3.63, 3.8) is 0 Å². The summed E-state index contributed by atoms with van der Waals surface area (Å²) in [6.07, 6.45) is 0.250. The van der Waals surface area contributed by atoms with Crippen molar-refractivity contribution in [1.29, 1.82) is 0 Å². The van der Waals surface area contributed by atoms with Crippen LogP contribution in [0.1, 0.15) is 11.1 Å². The summed E-state index contributed by atoms with van der Waals surface area (Å²) in [5.74, 6) is -0.892. The molecule has 190 valence electrons. The van der Waals surface area contributed by atoms with Crippen LogP contribution in [0.15, 0.2) is 83.8 Å². The van der Waals surface area contributed by atoms with Crippen LogP contribution in [-0.2, 0) is 32.6 Å². The van der Waals surface area contributed by atoms with Gasteiger partial charge in [0, 0.05) is 37.1 Å². The lowest BCUT2D eigenvalue weighted by Crippen LogP contribution is -2.52. The minimum Gasteiger partial charge on any atom is -0.357 e. The summed E-state index contributed by atoms with van der Waals surface area (Å²) < 4.78 is 27.1. The van der Waals surface area contributed by atoms with Gasteiger partial charge < -0.3 is 10.2 Å². The molecule has 3 aromatic rings. The molecule has 0 heterocycles. The highest BCUT2D eigenvalue weighted by Gasteiger charge is 2.32. The molecule has 36 heavy (non-hydrogen) atoms. The average molecular weight is 548 g/mol. The van der Waals surface area contributed by atoms with E-state index < -0.39 is 28.5 Å². The summed E-state index contributed by atoms with van der Waals surface area (Å²) in [4.78, 5) is 28.0. The maximum atomic E-state index is 13.6. The van der Waals surface area contributed by atoms with Crippen LogP contribution in [0.2, 0.25) is 10.0 Å². The van der Waals surface area contributed by atoms with E-state index in [9.17, 15) is 18.0 Å². The first-order valence-electron chi connectivity index (χ1n) is 11.1. The lowest BCUT2D eigenvalue weighted by Gasteiger charge is -2.32. The maximum Gasteiger partial charge on any atom is 0.243 e. The van der Waals surface area contributed by atoms with Crippen LogP contribution >= 0.6 is 23.2 Å². The fraction of sp³-hybridized carbons (Fsp3) is 0.231. The molecule has 0 radical (unpaired) electrons. The van der Waals surface area contributed by atoms with E-state index in [1.807, 2.05) is 30.3 Å². The summed E-state index contributed by atoms with van der Waals surface area (Å²) in [6, 6.07) is 21.1. The Morgan fingerprint density at radius 2 is 1.53 bits per heavy atom. The molecular weight excluding hydrogens is 521 g/mol. The first kappa shape index (κ1) is 27.7. The number of amides is 2. The highest BCUT2D eigenvalue weighted by molar-refractivity contribution is 7.89. The van der Waals surface area contributed by atoms with Gasteiger partial charge in [-0.15, -0.1) is 0 Å². The van der Waals surface area contributed by atoms with Gasteiger partial charge in [0.1, 0.15) is 6.04 Å². The molecule has 7 nitrogen and oxygen atoms in total. The van der Waals surface area contributed by atoms with E-state index in [0.717, 1.165) is 9.87 Å². The molecule has 2 amide bonds. The molecule has 0 bridgehead atoms. The largest absolute Gasteiger partial charge is 0.357 e. The van der Waals surface area contributed by atoms with Gasteiger partial charge in [0.25, 0.3) is 0 Å². The highest BCUT2D eigenvalue weighted by Crippen LogP contribution is 2.20. The predicted molar refractivity (Wildman–Crippen MR) is 141 cm³/mol. The molecule has 3 rings (SSSR count). The molecule has 0 aliphatic carbocycles. The number of hydrogen-bond donors (Lipinski definition) is 1. The van der Waals surface area contributed by atoms with Crippen LogP contribution in [-0.4, -0.2) is 56.1 Å². The molecule has 3 aromatic carbocycles. The fourth-order valence-electron chi connectivity index (χ4n) is 3.71. The van der Waals surface area contributed by atoms with Crippen LogP contribution in [0.5, 0.6) is 0 Å². The molecular formula is C26H27Cl2N3O4S. The van der Waals surface area contributed by atoms with Gasteiger partial charge in [-0.25, -0.2) is 8.42 Å². The van der Waals surface area contributed by atoms with E-state index in [2.05, 4.69) is 5.32 Å². The number of nitrogens with zero attached hydrogens (tertiary/aromatic N) is 2. The second-order valence-electron chi connectivity index (χ2n) is 8.19. The molecule has 0 aliphatic heterocycles. The molecule has 0 aromatic heterocycles. The topological polar surface area (TPSA) is 86.8 Å². The zero-order valence-corrected chi connectivity index (χ0v) is 22.2. The smallest absolute Gasteiger partial charge is 0.243 e. The Morgan fingerprint density at radius 3 is 2.14 bits per heavy atom. The number of likely N-dealkylation sites (N-methyl/N-ethyl adjacent to an activating group) is 2. The summed E-state index contributed by atoms with van der Waals surface area (Å²) in [6.45, 7) is -0.396. The Labute approximate surface area is 221 Å². The summed E-state index contributed by atoms with van der Waals surface area (Å²) in [7, 11) is -1.14. The molecule has 0 fully saturated rings. The van der Waals surface area contributed by atoms with E-state index in [0.29, 0.717) is 15.6 Å². The third-order valence-electron chi connectivity index (χ3n) is 5.64. The highest BCUT2D eigenvalue weighted by atomic mass is 35.5. The van der Waals surface area contributed by atoms with Crippen molar-refractivity contribution in [1.82, 2.24) is 14.5 Å². The molecule has 1 N–H and O–H groups in total. The first-order valence-corrected chi connectivity index (χ1v) is 13.3. The molecule has 0 saturated heterocycles. The normalized spacial score (nSPS) is 12.2. The lowest BCUT2D eigenvalue weighted by molar-refractivity contribution is -0.141. The van der Waals surface area contributed by atoms with E-state index in [1.165, 1.54) is 43.3 Å². The maximum absolute atomic E-state index is 13.6. The summed E-state index contributed by atoms with van der Waals surface area (Å²) in [5, 5.41) is 3.52. The van der Waals surface area contributed by atoms with Crippen molar-refractivity contribution >= 4 is 45.0 Å². The number of nitrogens with one attached hydrogen (secondary N) is 1. The number of carbonyl (C=O) groups is 2. The predicted octanol–water partition coefficient (Wildman–Crippen LogP) is 4.00. The number of halogens is 2. The molecule has 10 heteroatoms. The summed E-state index contributed by atoms with van der Waals surface area (Å²) in [5.41, 5.74) is 1.57. The molecule has 0 spiro atoms. The first-order chi connectivity index (χ1) is 17.1. The summed E-state index contributed by atoms with van der Waals surface area (Å²) >= 11 is 12.0. The van der Waals surface area contributed by atoms with Crippen LogP contribution in [0.3, 0.4) is 0 Å². The number of rotatable bonds is 10. The van der Waals surface area contributed by atoms with Crippen molar-refractivity contribution in [2.75, 3.05) is 20.6 Å². The standard InChI is InChI=1S/C26H27Cl2N3O4S/c1-29-26(33)24(16-19-7-4-3-5-8-19)31(17-20-9-6-10-22(28)15-20)25(32)18-30(2)36(34,35)23-13-11-21(27)12-14-23/h3-15,24H,16-18H2,1-2H3,(H,29,33)/t24-/m0/s1. The Morgan fingerprint density at radius 1 is 0.889 bits per heavy atom. The van der Waals surface area contributed by atoms with Crippen LogP contribution in [0, 0.1) is 0 Å². The van der Waals surface area contributed by atoms with Crippen molar-refractivity contribution in [2.45, 2.75) is 23.9 Å². The van der Waals surface area contributed by atoms with E-state index in [4.69, 9.17) is 23.2 Å². The van der Waals surface area contributed by atoms with E-state index >= 15 is 0 Å². The minimum absolute atomic E-state index is 0.00993. The van der Waals surface area contributed by atoms with E-state index in [1.54, 1.807) is 24.3 Å². The van der Waals surface area contributed by atoms with Gasteiger partial charge in [-0.3, -0.25) is 9.59 Å². The molecule has 0 saturated carbocycles. The van der Waals surface area contributed by atoms with Crippen LogP contribution < -0.4 is 5.32 Å². The number of sulfonamides is 1. The van der Waals surface area contributed by atoms with Crippen LogP contribution in [0.25, 0.3) is 0 Å². The fourth-order valence-corrected chi connectivity index (χ4v) is 5.16. The van der Waals surface area contributed by atoms with Gasteiger partial charge in [-0.1, -0.05) is 65.7 Å². The molecule has 0 aliphatic rings. The van der Waals surface area contributed by atoms with Gasteiger partial charge in [-0.05, 0) is 47.5 Å². The van der Waals surface area contributed by atoms with Gasteiger partial charge in [0.05, 0.1) is 11.4 Å². The third kappa shape index (κ3) is 7.07. The SMILES string of the molecule is CNC(=O)[C@H](Cc1ccccc1)N(Cc1cccc(Cl)c1)C(=O)CN(C)S(=O)(=O)c1ccc(Cl)cc1. The Hall–Kier alpha value is -2.91. The van der Waals surface area contributed by atoms with Gasteiger partial charge in [-0.2, -0.15) is 4.31 Å². The average Bonchev–Trinajstić information content (AvgIpc) is 2.86. The Bertz CT molecular complexity index is 1300. The van der Waals surface area contributed by atoms with Gasteiger partial charge >= 0.3 is 0 Å². The quantitative estimate of drug-likeness (QED) is 0.415. The van der Waals surface area contributed by atoms with E-state index in [-0.39, 0.29) is 23.8 Å².